The van der Waals surface area contributed by atoms with E-state index in [1.807, 2.05) is 39.0 Å². The number of esters is 1. The quantitative estimate of drug-likeness (QED) is 0.113. The number of amides is 2. The lowest BCUT2D eigenvalue weighted by molar-refractivity contribution is -0.154. The molecule has 1 aromatic carbocycles. The summed E-state index contributed by atoms with van der Waals surface area (Å²) in [5.41, 5.74) is 1.40. The van der Waals surface area contributed by atoms with E-state index in [4.69, 9.17) is 16.3 Å². The van der Waals surface area contributed by atoms with Crippen molar-refractivity contribution < 1.29 is 24.2 Å². The van der Waals surface area contributed by atoms with Gasteiger partial charge >= 0.3 is 5.97 Å². The van der Waals surface area contributed by atoms with E-state index in [1.54, 1.807) is 33.7 Å². The number of alkyl halides is 1. The van der Waals surface area contributed by atoms with E-state index in [2.05, 4.69) is 29.1 Å². The Balaban J connectivity index is 1.79. The maximum Gasteiger partial charge on any atom is 0.310 e. The molecular weight excluding hydrogens is 640 g/mol. The standard InChI is InChI=1S/C32H42BrClN2O5S/c1-6-8-9-10-15-41-31(40)24-25-29(38)36(21(18-37)16-19(3)4)28(32(25)17-22(33)27(24)42-32)30(39)35(14-7-2)26-20(5)12-11-13-23(26)34/h6-7,11-13,19,21-22,24-25,27-28,37H,1-2,8-10,14-18H2,3-5H3/t21-,22?,24-,25+,27-,28?,32?/m1/s1. The third-order valence-electron chi connectivity index (χ3n) is 8.66. The van der Waals surface area contributed by atoms with Crippen molar-refractivity contribution in [2.24, 2.45) is 17.8 Å². The highest BCUT2D eigenvalue weighted by Crippen LogP contribution is 2.68. The molecule has 10 heteroatoms. The molecule has 2 bridgehead atoms. The minimum absolute atomic E-state index is 0.0762. The van der Waals surface area contributed by atoms with E-state index in [9.17, 15) is 19.5 Å². The number of fused-ring (bicyclic) bond motifs is 1. The number of benzene rings is 1. The number of unbranched alkanes of at least 4 members (excludes halogenated alkanes) is 2. The Bertz CT molecular complexity index is 1190. The number of para-hydroxylation sites is 1. The van der Waals surface area contributed by atoms with E-state index < -0.39 is 34.6 Å². The van der Waals surface area contributed by atoms with Crippen LogP contribution >= 0.6 is 39.3 Å². The number of halogens is 2. The van der Waals surface area contributed by atoms with Gasteiger partial charge in [-0.3, -0.25) is 14.4 Å². The molecule has 3 aliphatic rings. The van der Waals surface area contributed by atoms with Gasteiger partial charge < -0.3 is 19.6 Å². The summed E-state index contributed by atoms with van der Waals surface area (Å²) in [6.45, 7) is 13.8. The zero-order valence-corrected chi connectivity index (χ0v) is 27.8. The fraction of sp³-hybridized carbons (Fsp3) is 0.594. The predicted octanol–water partition coefficient (Wildman–Crippen LogP) is 5.94. The molecule has 42 heavy (non-hydrogen) atoms. The highest BCUT2D eigenvalue weighted by molar-refractivity contribution is 9.09. The Morgan fingerprint density at radius 2 is 2.05 bits per heavy atom. The first-order chi connectivity index (χ1) is 20.0. The van der Waals surface area contributed by atoms with Crippen LogP contribution in [0.3, 0.4) is 0 Å². The van der Waals surface area contributed by atoms with Crippen molar-refractivity contribution in [3.63, 3.8) is 0 Å². The summed E-state index contributed by atoms with van der Waals surface area (Å²) in [5, 5.41) is 10.8. The van der Waals surface area contributed by atoms with Crippen LogP contribution in [-0.4, -0.2) is 74.5 Å². The van der Waals surface area contributed by atoms with Gasteiger partial charge in [-0.15, -0.1) is 24.9 Å². The molecule has 3 heterocycles. The first-order valence-corrected chi connectivity index (χ1v) is 16.9. The average molecular weight is 682 g/mol. The third kappa shape index (κ3) is 5.95. The minimum Gasteiger partial charge on any atom is -0.465 e. The monoisotopic (exact) mass is 680 g/mol. The molecule has 3 fully saturated rings. The van der Waals surface area contributed by atoms with Crippen LogP contribution < -0.4 is 4.90 Å². The van der Waals surface area contributed by atoms with E-state index in [0.29, 0.717) is 30.0 Å². The maximum atomic E-state index is 14.9. The van der Waals surface area contributed by atoms with Crippen LogP contribution in [0.1, 0.15) is 51.5 Å². The van der Waals surface area contributed by atoms with Crippen LogP contribution in [0, 0.1) is 24.7 Å². The van der Waals surface area contributed by atoms with Gasteiger partial charge in [-0.25, -0.2) is 0 Å². The number of nitrogens with zero attached hydrogens (tertiary/aromatic N) is 2. The molecule has 3 saturated heterocycles. The van der Waals surface area contributed by atoms with Crippen LogP contribution in [0.2, 0.25) is 5.02 Å². The molecular formula is C32H42BrClN2O5S. The largest absolute Gasteiger partial charge is 0.465 e. The van der Waals surface area contributed by atoms with Gasteiger partial charge in [-0.1, -0.05) is 65.7 Å². The number of aliphatic hydroxyl groups is 1. The van der Waals surface area contributed by atoms with Crippen LogP contribution in [0.5, 0.6) is 0 Å². The molecule has 0 saturated carbocycles. The van der Waals surface area contributed by atoms with Gasteiger partial charge in [0.15, 0.2) is 0 Å². The lowest BCUT2D eigenvalue weighted by atomic mass is 9.71. The van der Waals surface area contributed by atoms with Crippen molar-refractivity contribution in [3.8, 4) is 0 Å². The van der Waals surface area contributed by atoms with Crippen molar-refractivity contribution in [3.05, 3.63) is 54.1 Å². The highest BCUT2D eigenvalue weighted by Gasteiger charge is 2.76. The van der Waals surface area contributed by atoms with Crippen molar-refractivity contribution in [1.29, 1.82) is 0 Å². The second-order valence-electron chi connectivity index (χ2n) is 12.0. The Kier molecular flexibility index (Phi) is 10.9. The van der Waals surface area contributed by atoms with Gasteiger partial charge in [0, 0.05) is 16.6 Å². The number of anilines is 1. The Labute approximate surface area is 267 Å². The smallest absolute Gasteiger partial charge is 0.310 e. The molecule has 4 rings (SSSR count). The molecule has 3 unspecified atom stereocenters. The maximum absolute atomic E-state index is 14.9. The number of rotatable bonds is 14. The van der Waals surface area contributed by atoms with Crippen LogP contribution in [0.4, 0.5) is 5.69 Å². The molecule has 2 amide bonds. The number of thioether (sulfide) groups is 1. The summed E-state index contributed by atoms with van der Waals surface area (Å²) in [7, 11) is 0. The lowest BCUT2D eigenvalue weighted by Gasteiger charge is -2.40. The number of aryl methyl sites for hydroxylation is 1. The van der Waals surface area contributed by atoms with Crippen molar-refractivity contribution in [2.45, 2.75) is 79.8 Å². The summed E-state index contributed by atoms with van der Waals surface area (Å²) in [5.74, 6) is -2.18. The molecule has 7 atom stereocenters. The van der Waals surface area contributed by atoms with Crippen molar-refractivity contribution in [1.82, 2.24) is 4.90 Å². The Hall–Kier alpha value is -1.81. The van der Waals surface area contributed by atoms with Crippen LogP contribution in [0.15, 0.2) is 43.5 Å². The van der Waals surface area contributed by atoms with E-state index in [1.165, 1.54) is 0 Å². The molecule has 230 valence electrons. The molecule has 0 aromatic heterocycles. The SMILES string of the molecule is C=CCCCCOC(=O)[C@H]1[C@@H]2SC3(CC2Br)C(C(=O)N(CC=C)c2c(C)cccc2Cl)N([C@@H](CO)CC(C)C)C(=O)[C@H]13. The van der Waals surface area contributed by atoms with Gasteiger partial charge in [0.25, 0.3) is 5.91 Å². The number of carbonyl (C=O) groups is 3. The number of ether oxygens (including phenoxy) is 1. The summed E-state index contributed by atoms with van der Waals surface area (Å²) >= 11 is 12.0. The molecule has 1 spiro atoms. The van der Waals surface area contributed by atoms with Crippen molar-refractivity contribution >= 4 is 62.8 Å². The van der Waals surface area contributed by atoms with E-state index >= 15 is 0 Å². The highest BCUT2D eigenvalue weighted by atomic mass is 79.9. The van der Waals surface area contributed by atoms with Crippen LogP contribution in [0.25, 0.3) is 0 Å². The number of carbonyl (C=O) groups excluding carboxylic acids is 3. The normalized spacial score (nSPS) is 28.6. The number of allylic oxidation sites excluding steroid dienone is 1. The molecule has 7 nitrogen and oxygen atoms in total. The Morgan fingerprint density at radius 3 is 2.67 bits per heavy atom. The molecule has 0 radical (unpaired) electrons. The summed E-state index contributed by atoms with van der Waals surface area (Å²) in [6, 6.07) is 3.99. The minimum atomic E-state index is -0.901. The average Bonchev–Trinajstić information content (AvgIpc) is 3.53. The van der Waals surface area contributed by atoms with Gasteiger partial charge in [-0.05, 0) is 56.6 Å². The summed E-state index contributed by atoms with van der Waals surface area (Å²) in [6.07, 6.45) is 6.97. The summed E-state index contributed by atoms with van der Waals surface area (Å²) in [4.78, 5) is 46.1. The Morgan fingerprint density at radius 1 is 1.31 bits per heavy atom. The van der Waals surface area contributed by atoms with Gasteiger partial charge in [0.2, 0.25) is 5.91 Å². The lowest BCUT2D eigenvalue weighted by Crippen LogP contribution is -2.58. The van der Waals surface area contributed by atoms with E-state index in [0.717, 1.165) is 18.4 Å². The number of hydrogen-bond donors (Lipinski definition) is 1. The molecule has 1 aromatic rings. The predicted molar refractivity (Wildman–Crippen MR) is 173 cm³/mol. The second-order valence-corrected chi connectivity index (χ2v) is 15.1. The molecule has 1 N–H and O–H groups in total. The molecule has 3 aliphatic heterocycles. The number of likely N-dealkylation sites (tertiary alicyclic amines) is 1. The van der Waals surface area contributed by atoms with Gasteiger partial charge in [0.1, 0.15) is 6.04 Å². The topological polar surface area (TPSA) is 87.2 Å². The zero-order valence-electron chi connectivity index (χ0n) is 24.6. The fourth-order valence-electron chi connectivity index (χ4n) is 7.02. The van der Waals surface area contributed by atoms with Gasteiger partial charge in [0.05, 0.1) is 46.5 Å². The zero-order chi connectivity index (χ0) is 30.8. The van der Waals surface area contributed by atoms with E-state index in [-0.39, 0.29) is 47.6 Å². The van der Waals surface area contributed by atoms with Crippen LogP contribution in [-0.2, 0) is 19.1 Å². The third-order valence-corrected chi connectivity index (χ3v) is 12.2. The van der Waals surface area contributed by atoms with Gasteiger partial charge in [-0.2, -0.15) is 0 Å². The molecule has 0 aliphatic carbocycles. The van der Waals surface area contributed by atoms with Crippen molar-refractivity contribution in [2.75, 3.05) is 24.7 Å². The first kappa shape index (κ1) is 33.1. The number of hydrogen-bond acceptors (Lipinski definition) is 6. The second kappa shape index (κ2) is 13.9. The summed E-state index contributed by atoms with van der Waals surface area (Å²) < 4.78 is 4.88. The first-order valence-electron chi connectivity index (χ1n) is 14.7. The fourth-order valence-corrected chi connectivity index (χ4v) is 10.9. The number of aliphatic hydroxyl groups excluding tert-OH is 1.